The van der Waals surface area contributed by atoms with Crippen LogP contribution in [0.4, 0.5) is 4.79 Å². The predicted octanol–water partition coefficient (Wildman–Crippen LogP) is 1.38. The van der Waals surface area contributed by atoms with Crippen molar-refractivity contribution < 1.29 is 14.3 Å². The van der Waals surface area contributed by atoms with Crippen LogP contribution >= 0.6 is 0 Å². The smallest absolute Gasteiger partial charge is 0.407 e. The molecule has 0 aromatic heterocycles. The lowest BCUT2D eigenvalue weighted by Crippen LogP contribution is -2.50. The van der Waals surface area contributed by atoms with Crippen molar-refractivity contribution in [2.24, 2.45) is 5.92 Å². The van der Waals surface area contributed by atoms with Gasteiger partial charge in [-0.25, -0.2) is 4.79 Å². The van der Waals surface area contributed by atoms with Gasteiger partial charge in [0.15, 0.2) is 0 Å². The molecule has 0 saturated heterocycles. The molecule has 1 atom stereocenters. The minimum absolute atomic E-state index is 0.0534. The van der Waals surface area contributed by atoms with Crippen LogP contribution in [-0.4, -0.2) is 44.1 Å². The van der Waals surface area contributed by atoms with Crippen LogP contribution in [0.1, 0.15) is 32.1 Å². The number of carbonyl (C=O) groups excluding carboxylic acids is 2. The first-order valence-corrected chi connectivity index (χ1v) is 6.12. The number of hydrogen-bond donors (Lipinski definition) is 1. The van der Waals surface area contributed by atoms with Crippen molar-refractivity contribution in [1.29, 1.82) is 0 Å². The Bertz CT molecular complexity index is 273. The molecular formula is C12H22N2O3. The highest BCUT2D eigenvalue weighted by atomic mass is 16.5. The number of nitrogens with one attached hydrogen (secondary N) is 1. The third kappa shape index (κ3) is 3.91. The van der Waals surface area contributed by atoms with Gasteiger partial charge in [0.05, 0.1) is 7.11 Å². The van der Waals surface area contributed by atoms with Crippen LogP contribution in [0.25, 0.3) is 0 Å². The Hall–Kier alpha value is -1.26. The van der Waals surface area contributed by atoms with Crippen LogP contribution in [0.15, 0.2) is 0 Å². The number of amides is 2. The summed E-state index contributed by atoms with van der Waals surface area (Å²) in [5.41, 5.74) is 0. The van der Waals surface area contributed by atoms with Gasteiger partial charge in [-0.1, -0.05) is 19.3 Å². The quantitative estimate of drug-likeness (QED) is 0.813. The third-order valence-corrected chi connectivity index (χ3v) is 3.29. The lowest BCUT2D eigenvalue weighted by atomic mass is 9.83. The summed E-state index contributed by atoms with van der Waals surface area (Å²) in [6.07, 6.45) is 4.94. The zero-order valence-electron chi connectivity index (χ0n) is 10.9. The fourth-order valence-electron chi connectivity index (χ4n) is 2.31. The molecule has 17 heavy (non-hydrogen) atoms. The number of methoxy groups -OCH3 is 1. The number of carbonyl (C=O) groups is 2. The molecule has 98 valence electrons. The third-order valence-electron chi connectivity index (χ3n) is 3.29. The molecule has 0 bridgehead atoms. The predicted molar refractivity (Wildman–Crippen MR) is 64.6 cm³/mol. The van der Waals surface area contributed by atoms with Crippen molar-refractivity contribution in [2.45, 2.75) is 38.1 Å². The van der Waals surface area contributed by atoms with Gasteiger partial charge in [0, 0.05) is 14.1 Å². The molecule has 5 nitrogen and oxygen atoms in total. The Balaban J connectivity index is 2.69. The van der Waals surface area contributed by atoms with Crippen molar-refractivity contribution in [3.05, 3.63) is 0 Å². The minimum atomic E-state index is -0.532. The highest BCUT2D eigenvalue weighted by Crippen LogP contribution is 2.27. The van der Waals surface area contributed by atoms with E-state index in [1.807, 2.05) is 0 Å². The van der Waals surface area contributed by atoms with Crippen molar-refractivity contribution in [3.8, 4) is 0 Å². The van der Waals surface area contributed by atoms with E-state index >= 15 is 0 Å². The van der Waals surface area contributed by atoms with E-state index in [9.17, 15) is 9.59 Å². The number of ether oxygens (including phenoxy) is 1. The van der Waals surface area contributed by atoms with Crippen molar-refractivity contribution in [2.75, 3.05) is 21.2 Å². The minimum Gasteiger partial charge on any atom is -0.453 e. The Morgan fingerprint density at radius 3 is 2.29 bits per heavy atom. The van der Waals surface area contributed by atoms with E-state index < -0.39 is 12.1 Å². The number of alkyl carbamates (subject to hydrolysis) is 1. The zero-order valence-corrected chi connectivity index (χ0v) is 10.9. The summed E-state index contributed by atoms with van der Waals surface area (Å²) in [6, 6.07) is -0.447. The van der Waals surface area contributed by atoms with E-state index in [0.29, 0.717) is 0 Å². The molecule has 1 unspecified atom stereocenters. The molecule has 1 fully saturated rings. The van der Waals surface area contributed by atoms with Crippen LogP contribution in [0.2, 0.25) is 0 Å². The molecule has 1 rings (SSSR count). The average molecular weight is 242 g/mol. The number of rotatable bonds is 3. The van der Waals surface area contributed by atoms with E-state index in [1.165, 1.54) is 18.4 Å². The second-order valence-corrected chi connectivity index (χ2v) is 4.74. The molecule has 1 aliphatic rings. The van der Waals surface area contributed by atoms with Gasteiger partial charge in [0.1, 0.15) is 6.04 Å². The Morgan fingerprint density at radius 1 is 1.24 bits per heavy atom. The summed E-state index contributed by atoms with van der Waals surface area (Å²) in [5, 5.41) is 2.67. The maximum atomic E-state index is 12.0. The summed E-state index contributed by atoms with van der Waals surface area (Å²) in [7, 11) is 4.72. The van der Waals surface area contributed by atoms with Crippen LogP contribution in [0, 0.1) is 5.92 Å². The van der Waals surface area contributed by atoms with Crippen molar-refractivity contribution in [3.63, 3.8) is 0 Å². The maximum Gasteiger partial charge on any atom is 0.407 e. The average Bonchev–Trinajstić information content (AvgIpc) is 2.35. The molecule has 2 amide bonds. The fourth-order valence-corrected chi connectivity index (χ4v) is 2.31. The van der Waals surface area contributed by atoms with Gasteiger partial charge in [-0.2, -0.15) is 0 Å². The standard InChI is InChI=1S/C12H22N2O3/c1-14(2)11(15)10(13-12(16)17-3)9-7-5-4-6-8-9/h9-10H,4-8H2,1-3H3,(H,13,16). The molecule has 1 saturated carbocycles. The molecule has 0 spiro atoms. The number of likely N-dealkylation sites (N-methyl/N-ethyl adjacent to an activating group) is 1. The monoisotopic (exact) mass is 242 g/mol. The van der Waals surface area contributed by atoms with Gasteiger partial charge in [-0.05, 0) is 18.8 Å². The summed E-state index contributed by atoms with van der Waals surface area (Å²) in [4.78, 5) is 24.9. The molecule has 1 N–H and O–H groups in total. The van der Waals surface area contributed by atoms with Gasteiger partial charge in [-0.15, -0.1) is 0 Å². The van der Waals surface area contributed by atoms with Gasteiger partial charge in [-0.3, -0.25) is 4.79 Å². The summed E-state index contributed by atoms with van der Waals surface area (Å²) in [6.45, 7) is 0. The van der Waals surface area contributed by atoms with E-state index in [0.717, 1.165) is 25.7 Å². The summed E-state index contributed by atoms with van der Waals surface area (Å²) in [5.74, 6) is 0.181. The molecule has 0 aliphatic heterocycles. The highest BCUT2D eigenvalue weighted by molar-refractivity contribution is 5.85. The molecule has 5 heteroatoms. The van der Waals surface area contributed by atoms with Crippen molar-refractivity contribution >= 4 is 12.0 Å². The van der Waals surface area contributed by atoms with Crippen LogP contribution in [0.3, 0.4) is 0 Å². The fraction of sp³-hybridized carbons (Fsp3) is 0.833. The number of nitrogens with zero attached hydrogens (tertiary/aromatic N) is 1. The van der Waals surface area contributed by atoms with Crippen molar-refractivity contribution in [1.82, 2.24) is 10.2 Å². The second-order valence-electron chi connectivity index (χ2n) is 4.74. The molecule has 0 heterocycles. The van der Waals surface area contributed by atoms with Gasteiger partial charge < -0.3 is 15.0 Å². The van der Waals surface area contributed by atoms with E-state index in [1.54, 1.807) is 14.1 Å². The Labute approximate surface area is 102 Å². The second kappa shape index (κ2) is 6.47. The first-order chi connectivity index (χ1) is 8.06. The van der Waals surface area contributed by atoms with Crippen LogP contribution < -0.4 is 5.32 Å². The molecule has 0 radical (unpaired) electrons. The molecule has 0 aromatic carbocycles. The number of hydrogen-bond acceptors (Lipinski definition) is 3. The van der Waals surface area contributed by atoms with E-state index in [4.69, 9.17) is 0 Å². The van der Waals surface area contributed by atoms with Crippen LogP contribution in [-0.2, 0) is 9.53 Å². The molecule has 0 aromatic rings. The normalized spacial score (nSPS) is 18.3. The first-order valence-electron chi connectivity index (χ1n) is 6.12. The SMILES string of the molecule is COC(=O)NC(C(=O)N(C)C)C1CCCCC1. The van der Waals surface area contributed by atoms with Gasteiger partial charge in [0.25, 0.3) is 0 Å². The lowest BCUT2D eigenvalue weighted by molar-refractivity contribution is -0.132. The molecule has 1 aliphatic carbocycles. The summed E-state index contributed by atoms with van der Waals surface area (Å²) < 4.78 is 4.58. The maximum absolute atomic E-state index is 12.0. The largest absolute Gasteiger partial charge is 0.453 e. The van der Waals surface area contributed by atoms with E-state index in [2.05, 4.69) is 10.1 Å². The summed E-state index contributed by atoms with van der Waals surface area (Å²) >= 11 is 0. The topological polar surface area (TPSA) is 58.6 Å². The Kier molecular flexibility index (Phi) is 5.25. The van der Waals surface area contributed by atoms with Gasteiger partial charge >= 0.3 is 6.09 Å². The van der Waals surface area contributed by atoms with Crippen LogP contribution in [0.5, 0.6) is 0 Å². The Morgan fingerprint density at radius 2 is 1.82 bits per heavy atom. The first kappa shape index (κ1) is 13.8. The van der Waals surface area contributed by atoms with Gasteiger partial charge in [0.2, 0.25) is 5.91 Å². The van der Waals surface area contributed by atoms with E-state index in [-0.39, 0.29) is 11.8 Å². The lowest BCUT2D eigenvalue weighted by Gasteiger charge is -2.31. The molecular weight excluding hydrogens is 220 g/mol. The highest BCUT2D eigenvalue weighted by Gasteiger charge is 2.32. The zero-order chi connectivity index (χ0) is 12.8.